The lowest BCUT2D eigenvalue weighted by molar-refractivity contribution is -0.150. The second-order valence-corrected chi connectivity index (χ2v) is 6.98. The highest BCUT2D eigenvalue weighted by Crippen LogP contribution is 2.39. The van der Waals surface area contributed by atoms with Crippen LogP contribution in [0.2, 0.25) is 0 Å². The Kier molecular flexibility index (Phi) is 5.79. The summed E-state index contributed by atoms with van der Waals surface area (Å²) in [6, 6.07) is 9.24. The maximum atomic E-state index is 12.2. The number of esters is 2. The summed E-state index contributed by atoms with van der Waals surface area (Å²) >= 11 is 1.07. The number of carbonyl (C=O) groups excluding carboxylic acids is 3. The van der Waals surface area contributed by atoms with E-state index < -0.39 is 17.8 Å². The molecule has 0 spiro atoms. The normalized spacial score (nSPS) is 10.5. The van der Waals surface area contributed by atoms with Crippen molar-refractivity contribution in [3.05, 3.63) is 40.8 Å². The summed E-state index contributed by atoms with van der Waals surface area (Å²) in [4.78, 5) is 41.1. The Morgan fingerprint density at radius 2 is 1.72 bits per heavy atom. The number of anilines is 1. The molecule has 0 saturated heterocycles. The second-order valence-electron chi connectivity index (χ2n) is 5.98. The number of aryl methyl sites for hydroxylation is 1. The molecular weight excluding hydrogens is 396 g/mol. The van der Waals surface area contributed by atoms with Crippen LogP contribution in [0.3, 0.4) is 0 Å². The highest BCUT2D eigenvalue weighted by molar-refractivity contribution is 7.21. The molecule has 0 bridgehead atoms. The van der Waals surface area contributed by atoms with Gasteiger partial charge in [0.15, 0.2) is 0 Å². The van der Waals surface area contributed by atoms with Crippen molar-refractivity contribution in [2.45, 2.75) is 6.92 Å². The van der Waals surface area contributed by atoms with Gasteiger partial charge in [-0.15, -0.1) is 11.3 Å². The number of benzene rings is 1. The van der Waals surface area contributed by atoms with Crippen molar-refractivity contribution in [3.8, 4) is 17.0 Å². The lowest BCUT2D eigenvalue weighted by Gasteiger charge is -2.08. The molecule has 0 atom stereocenters. The molecule has 0 aliphatic rings. The molecule has 9 heteroatoms. The van der Waals surface area contributed by atoms with E-state index in [1.807, 2.05) is 37.3 Å². The van der Waals surface area contributed by atoms with Gasteiger partial charge >= 0.3 is 17.8 Å². The number of pyridine rings is 1. The number of nitrogens with one attached hydrogen (secondary N) is 1. The van der Waals surface area contributed by atoms with Crippen LogP contribution in [0, 0.1) is 6.92 Å². The van der Waals surface area contributed by atoms with Crippen molar-refractivity contribution in [1.82, 2.24) is 4.98 Å². The molecular formula is C20H18N2O6S. The largest absolute Gasteiger partial charge is 0.497 e. The summed E-state index contributed by atoms with van der Waals surface area (Å²) in [6.07, 6.45) is 0. The number of amides is 1. The third kappa shape index (κ3) is 3.90. The number of aromatic nitrogens is 1. The Bertz CT molecular complexity index is 1100. The molecule has 0 radical (unpaired) electrons. The number of carbonyl (C=O) groups is 3. The zero-order valence-electron chi connectivity index (χ0n) is 16.2. The molecule has 1 amide bonds. The van der Waals surface area contributed by atoms with E-state index in [9.17, 15) is 14.4 Å². The predicted molar refractivity (Wildman–Crippen MR) is 108 cm³/mol. The SMILES string of the molecule is COC(=O)C(=O)Nc1c(C(=O)OC)sc2nc(-c3ccc(OC)cc3)cc(C)c12. The third-order valence-corrected chi connectivity index (χ3v) is 5.29. The Hall–Kier alpha value is -3.46. The van der Waals surface area contributed by atoms with Crippen molar-refractivity contribution >= 4 is 45.1 Å². The van der Waals surface area contributed by atoms with E-state index in [2.05, 4.69) is 15.0 Å². The van der Waals surface area contributed by atoms with Crippen LogP contribution in [0.25, 0.3) is 21.5 Å². The van der Waals surface area contributed by atoms with Gasteiger partial charge in [-0.2, -0.15) is 0 Å². The summed E-state index contributed by atoms with van der Waals surface area (Å²) in [5.74, 6) is -1.97. The van der Waals surface area contributed by atoms with E-state index in [1.54, 1.807) is 7.11 Å². The van der Waals surface area contributed by atoms with Gasteiger partial charge in [-0.05, 0) is 42.8 Å². The number of hydrogen-bond donors (Lipinski definition) is 1. The average Bonchev–Trinajstić information content (AvgIpc) is 3.11. The Morgan fingerprint density at radius 1 is 1.03 bits per heavy atom. The van der Waals surface area contributed by atoms with Gasteiger partial charge in [0.25, 0.3) is 0 Å². The molecule has 3 aromatic rings. The first-order chi connectivity index (χ1) is 13.9. The summed E-state index contributed by atoms with van der Waals surface area (Å²) in [7, 11) is 3.93. The first-order valence-electron chi connectivity index (χ1n) is 8.45. The van der Waals surface area contributed by atoms with Crippen molar-refractivity contribution < 1.29 is 28.6 Å². The molecule has 2 heterocycles. The van der Waals surface area contributed by atoms with Crippen LogP contribution >= 0.6 is 11.3 Å². The first kappa shape index (κ1) is 20.3. The van der Waals surface area contributed by atoms with Gasteiger partial charge in [0.05, 0.1) is 32.7 Å². The lowest BCUT2D eigenvalue weighted by Crippen LogP contribution is -2.24. The molecule has 1 N–H and O–H groups in total. The van der Waals surface area contributed by atoms with Gasteiger partial charge in [0, 0.05) is 10.9 Å². The number of ether oxygens (including phenoxy) is 3. The third-order valence-electron chi connectivity index (χ3n) is 4.23. The Labute approximate surface area is 170 Å². The molecule has 8 nitrogen and oxygen atoms in total. The maximum Gasteiger partial charge on any atom is 0.396 e. The van der Waals surface area contributed by atoms with Gasteiger partial charge in [0.1, 0.15) is 15.5 Å². The summed E-state index contributed by atoms with van der Waals surface area (Å²) in [6.45, 7) is 1.83. The average molecular weight is 414 g/mol. The molecule has 0 aliphatic carbocycles. The molecule has 0 unspecified atom stereocenters. The minimum atomic E-state index is -1.07. The van der Waals surface area contributed by atoms with E-state index in [-0.39, 0.29) is 10.6 Å². The highest BCUT2D eigenvalue weighted by Gasteiger charge is 2.26. The van der Waals surface area contributed by atoms with E-state index >= 15 is 0 Å². The molecule has 2 aromatic heterocycles. The summed E-state index contributed by atoms with van der Waals surface area (Å²) in [5.41, 5.74) is 2.51. The lowest BCUT2D eigenvalue weighted by atomic mass is 10.1. The zero-order chi connectivity index (χ0) is 21.1. The maximum absolute atomic E-state index is 12.2. The highest BCUT2D eigenvalue weighted by atomic mass is 32.1. The van der Waals surface area contributed by atoms with Gasteiger partial charge in [0.2, 0.25) is 0 Å². The Balaban J connectivity index is 2.15. The van der Waals surface area contributed by atoms with Gasteiger partial charge in [-0.1, -0.05) is 0 Å². The van der Waals surface area contributed by atoms with E-state index in [0.717, 1.165) is 35.3 Å². The summed E-state index contributed by atoms with van der Waals surface area (Å²) in [5, 5.41) is 3.01. The first-order valence-corrected chi connectivity index (χ1v) is 9.27. The number of fused-ring (bicyclic) bond motifs is 1. The van der Waals surface area contributed by atoms with Crippen molar-refractivity contribution in [2.75, 3.05) is 26.6 Å². The fourth-order valence-corrected chi connectivity index (χ4v) is 3.93. The van der Waals surface area contributed by atoms with Crippen LogP contribution in [-0.4, -0.2) is 44.2 Å². The minimum Gasteiger partial charge on any atom is -0.497 e. The van der Waals surface area contributed by atoms with Crippen LogP contribution < -0.4 is 10.1 Å². The molecule has 150 valence electrons. The fourth-order valence-electron chi connectivity index (χ4n) is 2.81. The zero-order valence-corrected chi connectivity index (χ0v) is 17.0. The fraction of sp³-hybridized carbons (Fsp3) is 0.200. The standard InChI is InChI=1S/C20H18N2O6S/c1-10-9-13(11-5-7-12(26-2)8-6-11)21-18-14(10)15(16(29-18)19(24)27-3)22-17(23)20(25)28-4/h5-9H,1-4H3,(H,22,23). The van der Waals surface area contributed by atoms with E-state index in [0.29, 0.717) is 15.9 Å². The van der Waals surface area contributed by atoms with Crippen molar-refractivity contribution in [2.24, 2.45) is 0 Å². The van der Waals surface area contributed by atoms with Crippen LogP contribution in [0.15, 0.2) is 30.3 Å². The molecule has 0 fully saturated rings. The number of methoxy groups -OCH3 is 3. The quantitative estimate of drug-likeness (QED) is 0.516. The second kappa shape index (κ2) is 8.27. The topological polar surface area (TPSA) is 104 Å². The van der Waals surface area contributed by atoms with E-state index in [1.165, 1.54) is 7.11 Å². The number of rotatable bonds is 4. The smallest absolute Gasteiger partial charge is 0.396 e. The number of nitrogens with zero attached hydrogens (tertiary/aromatic N) is 1. The van der Waals surface area contributed by atoms with Crippen LogP contribution in [0.5, 0.6) is 5.75 Å². The molecule has 1 aromatic carbocycles. The van der Waals surface area contributed by atoms with E-state index in [4.69, 9.17) is 9.47 Å². The van der Waals surface area contributed by atoms with Crippen LogP contribution in [-0.2, 0) is 19.1 Å². The monoisotopic (exact) mass is 414 g/mol. The van der Waals surface area contributed by atoms with Crippen molar-refractivity contribution in [1.29, 1.82) is 0 Å². The molecule has 0 aliphatic heterocycles. The number of hydrogen-bond acceptors (Lipinski definition) is 8. The number of thiophene rings is 1. The van der Waals surface area contributed by atoms with Gasteiger partial charge < -0.3 is 19.5 Å². The molecule has 29 heavy (non-hydrogen) atoms. The predicted octanol–water partition coefficient (Wildman–Crippen LogP) is 3.18. The van der Waals surface area contributed by atoms with Crippen LogP contribution in [0.1, 0.15) is 15.2 Å². The van der Waals surface area contributed by atoms with Crippen molar-refractivity contribution in [3.63, 3.8) is 0 Å². The minimum absolute atomic E-state index is 0.141. The molecule has 3 rings (SSSR count). The van der Waals surface area contributed by atoms with Gasteiger partial charge in [-0.25, -0.2) is 14.6 Å². The summed E-state index contributed by atoms with van der Waals surface area (Å²) < 4.78 is 14.4. The van der Waals surface area contributed by atoms with Crippen LogP contribution in [0.4, 0.5) is 5.69 Å². The van der Waals surface area contributed by atoms with Gasteiger partial charge in [-0.3, -0.25) is 4.79 Å². The Morgan fingerprint density at radius 3 is 2.31 bits per heavy atom. The molecule has 0 saturated carbocycles.